The maximum absolute atomic E-state index is 12.5. The Morgan fingerprint density at radius 1 is 1.00 bits per heavy atom. The average Bonchev–Trinajstić information content (AvgIpc) is 3.47. The molecular formula is C25H27N5O3. The zero-order chi connectivity index (χ0) is 23.2. The van der Waals surface area contributed by atoms with Gasteiger partial charge in [0.25, 0.3) is 5.91 Å². The molecule has 0 aliphatic rings. The van der Waals surface area contributed by atoms with Crippen molar-refractivity contribution in [3.8, 4) is 11.5 Å². The van der Waals surface area contributed by atoms with Gasteiger partial charge >= 0.3 is 0 Å². The van der Waals surface area contributed by atoms with E-state index < -0.39 is 0 Å². The van der Waals surface area contributed by atoms with Gasteiger partial charge in [-0.25, -0.2) is 9.36 Å². The molecule has 0 atom stereocenters. The number of hydrogen-bond acceptors (Lipinski definition) is 5. The minimum absolute atomic E-state index is 0.214. The van der Waals surface area contributed by atoms with Gasteiger partial charge in [0.2, 0.25) is 0 Å². The van der Waals surface area contributed by atoms with Gasteiger partial charge in [-0.2, -0.15) is 10.2 Å². The fourth-order valence-corrected chi connectivity index (χ4v) is 3.31. The van der Waals surface area contributed by atoms with Crippen molar-refractivity contribution >= 4 is 11.6 Å². The lowest BCUT2D eigenvalue weighted by atomic mass is 10.1. The van der Waals surface area contributed by atoms with Crippen LogP contribution in [0.5, 0.6) is 11.5 Å². The third-order valence-corrected chi connectivity index (χ3v) is 5.14. The lowest BCUT2D eigenvalue weighted by Crippen LogP contribution is -2.14. The number of nitrogens with one attached hydrogen (secondary N) is 1. The molecule has 4 rings (SSSR count). The maximum Gasteiger partial charge on any atom is 0.276 e. The second kappa shape index (κ2) is 10.0. The van der Waals surface area contributed by atoms with E-state index in [1.54, 1.807) is 34.0 Å². The highest BCUT2D eigenvalue weighted by Gasteiger charge is 2.12. The highest BCUT2D eigenvalue weighted by atomic mass is 16.5. The van der Waals surface area contributed by atoms with E-state index in [-0.39, 0.29) is 19.4 Å². The second-order valence-corrected chi connectivity index (χ2v) is 7.78. The van der Waals surface area contributed by atoms with Crippen LogP contribution in [-0.2, 0) is 19.9 Å². The van der Waals surface area contributed by atoms with Crippen molar-refractivity contribution in [1.29, 1.82) is 0 Å². The molecule has 0 spiro atoms. The Kier molecular flexibility index (Phi) is 6.73. The fourth-order valence-electron chi connectivity index (χ4n) is 3.31. The van der Waals surface area contributed by atoms with Crippen molar-refractivity contribution in [3.63, 3.8) is 0 Å². The Morgan fingerprint density at radius 2 is 1.79 bits per heavy atom. The first-order chi connectivity index (χ1) is 16.0. The van der Waals surface area contributed by atoms with Crippen molar-refractivity contribution in [1.82, 2.24) is 19.6 Å². The lowest BCUT2D eigenvalue weighted by Gasteiger charge is -2.09. The van der Waals surface area contributed by atoms with E-state index >= 15 is 0 Å². The van der Waals surface area contributed by atoms with Crippen molar-refractivity contribution in [3.05, 3.63) is 89.5 Å². The van der Waals surface area contributed by atoms with Crippen LogP contribution in [0.2, 0.25) is 0 Å². The molecule has 1 amide bonds. The minimum Gasteiger partial charge on any atom is -0.471 e. The van der Waals surface area contributed by atoms with Gasteiger partial charge in [0.1, 0.15) is 11.5 Å². The predicted molar refractivity (Wildman–Crippen MR) is 125 cm³/mol. The van der Waals surface area contributed by atoms with Gasteiger partial charge in [0.15, 0.2) is 19.2 Å². The summed E-state index contributed by atoms with van der Waals surface area (Å²) in [5, 5.41) is 11.3. The molecule has 8 heteroatoms. The van der Waals surface area contributed by atoms with E-state index in [1.165, 1.54) is 11.1 Å². The molecule has 2 aromatic carbocycles. The Bertz CT molecular complexity index is 1230. The first-order valence-corrected chi connectivity index (χ1v) is 10.8. The van der Waals surface area contributed by atoms with Gasteiger partial charge in [-0.05, 0) is 55.7 Å². The Morgan fingerprint density at radius 3 is 2.55 bits per heavy atom. The van der Waals surface area contributed by atoms with Crippen LogP contribution in [0, 0.1) is 13.8 Å². The number of aryl methyl sites for hydroxylation is 3. The van der Waals surface area contributed by atoms with Gasteiger partial charge in [0.05, 0.1) is 18.1 Å². The van der Waals surface area contributed by atoms with Crippen molar-refractivity contribution in [2.45, 2.75) is 40.7 Å². The van der Waals surface area contributed by atoms with Crippen molar-refractivity contribution in [2.24, 2.45) is 0 Å². The third kappa shape index (κ3) is 5.79. The van der Waals surface area contributed by atoms with E-state index in [2.05, 4.69) is 28.5 Å². The summed E-state index contributed by atoms with van der Waals surface area (Å²) >= 11 is 0. The van der Waals surface area contributed by atoms with Gasteiger partial charge in [-0.1, -0.05) is 36.8 Å². The van der Waals surface area contributed by atoms with E-state index in [0.717, 1.165) is 23.5 Å². The number of benzene rings is 2. The minimum atomic E-state index is -0.323. The van der Waals surface area contributed by atoms with Crippen molar-refractivity contribution < 1.29 is 14.3 Å². The van der Waals surface area contributed by atoms with Crippen LogP contribution in [0.4, 0.5) is 5.69 Å². The molecule has 0 saturated heterocycles. The van der Waals surface area contributed by atoms with Gasteiger partial charge in [-0.3, -0.25) is 4.79 Å². The maximum atomic E-state index is 12.5. The normalized spacial score (nSPS) is 10.8. The zero-order valence-corrected chi connectivity index (χ0v) is 19.0. The predicted octanol–water partition coefficient (Wildman–Crippen LogP) is 4.58. The second-order valence-electron chi connectivity index (χ2n) is 7.78. The van der Waals surface area contributed by atoms with Crippen LogP contribution in [0.1, 0.15) is 34.1 Å². The summed E-state index contributed by atoms with van der Waals surface area (Å²) in [5.41, 5.74) is 4.34. The van der Waals surface area contributed by atoms with Crippen LogP contribution >= 0.6 is 0 Å². The molecule has 2 heterocycles. The highest BCUT2D eigenvalue weighted by Crippen LogP contribution is 2.19. The van der Waals surface area contributed by atoms with E-state index in [0.29, 0.717) is 11.4 Å². The zero-order valence-electron chi connectivity index (χ0n) is 19.0. The molecular weight excluding hydrogens is 418 g/mol. The molecule has 0 bridgehead atoms. The summed E-state index contributed by atoms with van der Waals surface area (Å²) in [4.78, 5) is 12.5. The summed E-state index contributed by atoms with van der Waals surface area (Å²) < 4.78 is 14.7. The van der Waals surface area contributed by atoms with Gasteiger partial charge in [0, 0.05) is 6.20 Å². The van der Waals surface area contributed by atoms with Crippen LogP contribution in [0.15, 0.2) is 67.1 Å². The largest absolute Gasteiger partial charge is 0.471 e. The molecule has 0 unspecified atom stereocenters. The molecule has 0 aliphatic heterocycles. The summed E-state index contributed by atoms with van der Waals surface area (Å²) in [5.74, 6) is 1.23. The topological polar surface area (TPSA) is 83.2 Å². The van der Waals surface area contributed by atoms with E-state index in [1.807, 2.05) is 50.2 Å². The SMILES string of the molecule is CCc1ccc(OCn2cc(NC(=O)c3ccn(COc4ccc(C)cc4C)n3)cn2)cc1. The average molecular weight is 446 g/mol. The molecule has 8 nitrogen and oxygen atoms in total. The van der Waals surface area contributed by atoms with E-state index in [4.69, 9.17) is 9.47 Å². The number of ether oxygens (including phenoxy) is 2. The number of anilines is 1. The first-order valence-electron chi connectivity index (χ1n) is 10.8. The molecule has 0 aliphatic carbocycles. The van der Waals surface area contributed by atoms with Gasteiger partial charge < -0.3 is 14.8 Å². The monoisotopic (exact) mass is 445 g/mol. The molecule has 33 heavy (non-hydrogen) atoms. The number of amides is 1. The fraction of sp³-hybridized carbons (Fsp3) is 0.240. The standard InChI is InChI=1S/C25H27N5O3/c1-4-20-6-8-22(9-7-20)32-17-30-15-21(14-26-30)27-25(31)23-11-12-29(28-23)16-33-24-10-5-18(2)13-19(24)3/h5-15H,4,16-17H2,1-3H3,(H,27,31). The Hall–Kier alpha value is -4.07. The molecule has 0 fully saturated rings. The first kappa shape index (κ1) is 22.1. The van der Waals surface area contributed by atoms with Crippen LogP contribution in [-0.4, -0.2) is 25.5 Å². The molecule has 170 valence electrons. The summed E-state index contributed by atoms with van der Waals surface area (Å²) in [6.07, 6.45) is 5.97. The number of carbonyl (C=O) groups is 1. The van der Waals surface area contributed by atoms with E-state index in [9.17, 15) is 4.79 Å². The number of hydrogen-bond donors (Lipinski definition) is 1. The van der Waals surface area contributed by atoms with Crippen LogP contribution < -0.4 is 14.8 Å². The van der Waals surface area contributed by atoms with Crippen LogP contribution in [0.3, 0.4) is 0 Å². The quantitative estimate of drug-likeness (QED) is 0.408. The molecule has 4 aromatic rings. The molecule has 1 N–H and O–H groups in total. The molecule has 0 radical (unpaired) electrons. The molecule has 0 saturated carbocycles. The van der Waals surface area contributed by atoms with Gasteiger partial charge in [-0.15, -0.1) is 0 Å². The number of aromatic nitrogens is 4. The number of carbonyl (C=O) groups excluding carboxylic acids is 1. The highest BCUT2D eigenvalue weighted by molar-refractivity contribution is 6.02. The summed E-state index contributed by atoms with van der Waals surface area (Å²) in [7, 11) is 0. The summed E-state index contributed by atoms with van der Waals surface area (Å²) in [6, 6.07) is 15.6. The number of rotatable bonds is 9. The lowest BCUT2D eigenvalue weighted by molar-refractivity contribution is 0.102. The Balaban J connectivity index is 1.28. The summed E-state index contributed by atoms with van der Waals surface area (Å²) in [6.45, 7) is 6.60. The van der Waals surface area contributed by atoms with Crippen LogP contribution in [0.25, 0.3) is 0 Å². The number of nitrogens with zero attached hydrogens (tertiary/aromatic N) is 4. The smallest absolute Gasteiger partial charge is 0.276 e. The molecule has 2 aromatic heterocycles. The Labute approximate surface area is 192 Å². The third-order valence-electron chi connectivity index (χ3n) is 5.14. The van der Waals surface area contributed by atoms with Crippen molar-refractivity contribution in [2.75, 3.05) is 5.32 Å².